The molecule has 1 fully saturated rings. The zero-order valence-electron chi connectivity index (χ0n) is 16.3. The Labute approximate surface area is 176 Å². The van der Waals surface area contributed by atoms with Crippen molar-refractivity contribution in [1.29, 1.82) is 0 Å². The summed E-state index contributed by atoms with van der Waals surface area (Å²) in [5.74, 6) is 0.936. The molecular formula is C25H24ClNO2. The van der Waals surface area contributed by atoms with Crippen LogP contribution >= 0.6 is 11.6 Å². The number of halogens is 1. The number of benzene rings is 3. The molecule has 4 heteroatoms. The summed E-state index contributed by atoms with van der Waals surface area (Å²) in [6.45, 7) is 0. The highest BCUT2D eigenvalue weighted by Crippen LogP contribution is 2.49. The van der Waals surface area contributed by atoms with Crippen molar-refractivity contribution in [2.45, 2.75) is 50.2 Å². The van der Waals surface area contributed by atoms with Gasteiger partial charge in [-0.1, -0.05) is 54.1 Å². The molecule has 3 aromatic carbocycles. The minimum Gasteiger partial charge on any atom is -0.487 e. The number of hydrogen-bond acceptors (Lipinski definition) is 2. The summed E-state index contributed by atoms with van der Waals surface area (Å²) in [6.07, 6.45) is 5.32. The van der Waals surface area contributed by atoms with Crippen LogP contribution in [0.15, 0.2) is 60.7 Å². The summed E-state index contributed by atoms with van der Waals surface area (Å²) < 4.78 is 6.28. The number of hydrogen-bond donors (Lipinski definition) is 1. The van der Waals surface area contributed by atoms with Gasteiger partial charge in [-0.2, -0.15) is 0 Å². The highest BCUT2D eigenvalue weighted by molar-refractivity contribution is 6.30. The first kappa shape index (κ1) is 18.5. The molecule has 1 N–H and O–H groups in total. The molecule has 2 aliphatic rings. The van der Waals surface area contributed by atoms with Crippen LogP contribution in [-0.4, -0.2) is 11.5 Å². The maximum Gasteiger partial charge on any atom is 0.220 e. The normalized spacial score (nSPS) is 19.3. The van der Waals surface area contributed by atoms with Crippen molar-refractivity contribution in [3.8, 4) is 5.75 Å². The molecule has 0 aromatic heterocycles. The molecule has 148 valence electrons. The van der Waals surface area contributed by atoms with Gasteiger partial charge in [-0.3, -0.25) is 4.79 Å². The molecule has 0 bridgehead atoms. The summed E-state index contributed by atoms with van der Waals surface area (Å²) in [4.78, 5) is 12.8. The minimum absolute atomic E-state index is 0.0400. The molecular weight excluding hydrogens is 382 g/mol. The third-order valence-electron chi connectivity index (χ3n) is 6.30. The van der Waals surface area contributed by atoms with Gasteiger partial charge in [0.05, 0.1) is 6.04 Å². The number of aryl methyl sites for hydroxylation is 1. The molecule has 1 unspecified atom stereocenters. The van der Waals surface area contributed by atoms with E-state index in [2.05, 4.69) is 35.6 Å². The molecule has 5 rings (SSSR count). The summed E-state index contributed by atoms with van der Waals surface area (Å²) in [5, 5.41) is 6.37. The molecule has 1 saturated carbocycles. The van der Waals surface area contributed by atoms with Gasteiger partial charge in [-0.05, 0) is 60.2 Å². The maximum atomic E-state index is 12.8. The van der Waals surface area contributed by atoms with E-state index < -0.39 is 0 Å². The third kappa shape index (κ3) is 3.72. The van der Waals surface area contributed by atoms with Crippen LogP contribution in [0.1, 0.15) is 49.3 Å². The summed E-state index contributed by atoms with van der Waals surface area (Å²) in [5.41, 5.74) is 2.07. The van der Waals surface area contributed by atoms with Crippen LogP contribution in [0, 0.1) is 0 Å². The monoisotopic (exact) mass is 405 g/mol. The van der Waals surface area contributed by atoms with E-state index in [9.17, 15) is 4.79 Å². The van der Waals surface area contributed by atoms with E-state index >= 15 is 0 Å². The van der Waals surface area contributed by atoms with Crippen molar-refractivity contribution in [1.82, 2.24) is 5.32 Å². The lowest BCUT2D eigenvalue weighted by atomic mass is 9.73. The zero-order chi connectivity index (χ0) is 19.8. The van der Waals surface area contributed by atoms with E-state index in [-0.39, 0.29) is 17.6 Å². The number of ether oxygens (including phenoxy) is 1. The fraction of sp³-hybridized carbons (Fsp3) is 0.320. The van der Waals surface area contributed by atoms with Crippen LogP contribution in [-0.2, 0) is 11.2 Å². The second-order valence-corrected chi connectivity index (χ2v) is 8.76. The Hall–Kier alpha value is -2.52. The first-order chi connectivity index (χ1) is 14.1. The van der Waals surface area contributed by atoms with Crippen LogP contribution in [0.5, 0.6) is 5.75 Å². The fourth-order valence-corrected chi connectivity index (χ4v) is 4.75. The van der Waals surface area contributed by atoms with Crippen molar-refractivity contribution in [3.63, 3.8) is 0 Å². The lowest BCUT2D eigenvalue weighted by Gasteiger charge is -2.48. The molecule has 3 aromatic rings. The van der Waals surface area contributed by atoms with E-state index in [0.717, 1.165) is 37.0 Å². The molecule has 1 spiro atoms. The van der Waals surface area contributed by atoms with Crippen LogP contribution in [0.2, 0.25) is 5.02 Å². The average Bonchev–Trinajstić information content (AvgIpc) is 2.71. The van der Waals surface area contributed by atoms with Crippen LogP contribution in [0.4, 0.5) is 0 Å². The quantitative estimate of drug-likeness (QED) is 0.579. The topological polar surface area (TPSA) is 38.3 Å². The number of amides is 1. The lowest BCUT2D eigenvalue weighted by molar-refractivity contribution is -0.123. The lowest BCUT2D eigenvalue weighted by Crippen LogP contribution is -2.49. The Bertz CT molecular complexity index is 1070. The summed E-state index contributed by atoms with van der Waals surface area (Å²) in [7, 11) is 0. The van der Waals surface area contributed by atoms with E-state index in [1.807, 2.05) is 30.3 Å². The van der Waals surface area contributed by atoms with Crippen molar-refractivity contribution < 1.29 is 9.53 Å². The van der Waals surface area contributed by atoms with Crippen molar-refractivity contribution in [3.05, 3.63) is 76.8 Å². The Morgan fingerprint density at radius 2 is 1.90 bits per heavy atom. The van der Waals surface area contributed by atoms with E-state index in [1.165, 1.54) is 22.8 Å². The molecule has 29 heavy (non-hydrogen) atoms. The number of fused-ring (bicyclic) bond motifs is 2. The number of nitrogens with one attached hydrogen (secondary N) is 1. The predicted molar refractivity (Wildman–Crippen MR) is 116 cm³/mol. The highest BCUT2D eigenvalue weighted by Gasteiger charge is 2.45. The van der Waals surface area contributed by atoms with E-state index in [4.69, 9.17) is 16.3 Å². The number of carbonyl (C=O) groups excluding carboxylic acids is 1. The van der Waals surface area contributed by atoms with Gasteiger partial charge in [0.1, 0.15) is 11.4 Å². The van der Waals surface area contributed by atoms with Gasteiger partial charge in [-0.25, -0.2) is 0 Å². The molecule has 0 radical (unpaired) electrons. The summed E-state index contributed by atoms with van der Waals surface area (Å²) >= 11 is 6.22. The molecule has 3 nitrogen and oxygen atoms in total. The van der Waals surface area contributed by atoms with Crippen LogP contribution in [0.3, 0.4) is 0 Å². The molecule has 1 aliphatic heterocycles. The van der Waals surface area contributed by atoms with Gasteiger partial charge < -0.3 is 10.1 Å². The van der Waals surface area contributed by atoms with Crippen LogP contribution in [0.25, 0.3) is 10.8 Å². The van der Waals surface area contributed by atoms with E-state index in [0.29, 0.717) is 11.4 Å². The Morgan fingerprint density at radius 1 is 1.07 bits per heavy atom. The molecule has 1 aliphatic carbocycles. The smallest absolute Gasteiger partial charge is 0.220 e. The van der Waals surface area contributed by atoms with Crippen molar-refractivity contribution in [2.24, 2.45) is 0 Å². The maximum absolute atomic E-state index is 12.8. The first-order valence-electron chi connectivity index (χ1n) is 10.4. The van der Waals surface area contributed by atoms with Crippen molar-refractivity contribution >= 4 is 28.3 Å². The highest BCUT2D eigenvalue weighted by atomic mass is 35.5. The molecule has 1 atom stereocenters. The molecule has 0 saturated heterocycles. The minimum atomic E-state index is -0.114. The number of carbonyl (C=O) groups is 1. The second-order valence-electron chi connectivity index (χ2n) is 8.33. The van der Waals surface area contributed by atoms with Gasteiger partial charge in [-0.15, -0.1) is 0 Å². The van der Waals surface area contributed by atoms with Gasteiger partial charge in [0.2, 0.25) is 5.91 Å². The zero-order valence-corrected chi connectivity index (χ0v) is 17.0. The fourth-order valence-electron chi connectivity index (χ4n) is 4.57. The molecule has 1 heterocycles. The predicted octanol–water partition coefficient (Wildman–Crippen LogP) is 5.99. The van der Waals surface area contributed by atoms with Gasteiger partial charge in [0, 0.05) is 23.4 Å². The third-order valence-corrected chi connectivity index (χ3v) is 6.54. The van der Waals surface area contributed by atoms with Crippen molar-refractivity contribution in [2.75, 3.05) is 0 Å². The largest absolute Gasteiger partial charge is 0.487 e. The second kappa shape index (κ2) is 7.38. The van der Waals surface area contributed by atoms with Crippen LogP contribution < -0.4 is 10.1 Å². The Balaban J connectivity index is 1.29. The van der Waals surface area contributed by atoms with Gasteiger partial charge in [0.15, 0.2) is 0 Å². The molecule has 1 amide bonds. The Kier molecular flexibility index (Phi) is 4.71. The summed E-state index contributed by atoms with van der Waals surface area (Å²) in [6, 6.07) is 20.4. The first-order valence-corrected chi connectivity index (χ1v) is 10.7. The van der Waals surface area contributed by atoms with Gasteiger partial charge in [0.25, 0.3) is 0 Å². The Morgan fingerprint density at radius 3 is 2.69 bits per heavy atom. The average molecular weight is 406 g/mol. The standard InChI is InChI=1S/C25H24ClNO2/c26-20-9-10-23-21(15-20)22(16-25(29-23)12-3-13-25)27-24(28)11-7-17-6-8-18-4-1-2-5-19(18)14-17/h1-2,4-6,8-10,14-15,22H,3,7,11-13,16H2,(H,27,28). The van der Waals surface area contributed by atoms with E-state index in [1.54, 1.807) is 0 Å². The SMILES string of the molecule is O=C(CCc1ccc2ccccc2c1)NC1CC2(CCC2)Oc2ccc(Cl)cc21. The van der Waals surface area contributed by atoms with Gasteiger partial charge >= 0.3 is 0 Å². The number of rotatable bonds is 4.